The number of nitrogens with one attached hydrogen (secondary N) is 2. The van der Waals surface area contributed by atoms with E-state index in [2.05, 4.69) is 10.6 Å². The smallest absolute Gasteiger partial charge is 0.283 e. The van der Waals surface area contributed by atoms with Crippen LogP contribution in [0.3, 0.4) is 0 Å². The van der Waals surface area contributed by atoms with Crippen LogP contribution in [0.15, 0.2) is 71.4 Å². The molecular formula is C24H15Cl4N3O3. The normalized spacial score (nSPS) is 13.5. The van der Waals surface area contributed by atoms with E-state index in [0.717, 1.165) is 10.5 Å². The molecule has 0 aliphatic carbocycles. The zero-order valence-electron chi connectivity index (χ0n) is 17.5. The van der Waals surface area contributed by atoms with Gasteiger partial charge in [-0.05, 0) is 67.1 Å². The van der Waals surface area contributed by atoms with E-state index in [4.69, 9.17) is 46.4 Å². The van der Waals surface area contributed by atoms with Crippen molar-refractivity contribution in [2.24, 2.45) is 0 Å². The number of carbonyl (C=O) groups excluding carboxylic acids is 3. The number of anilines is 3. The van der Waals surface area contributed by atoms with E-state index in [0.29, 0.717) is 27.0 Å². The summed E-state index contributed by atoms with van der Waals surface area (Å²) in [6, 6.07) is 15.9. The molecule has 0 saturated heterocycles. The van der Waals surface area contributed by atoms with Gasteiger partial charge in [0.15, 0.2) is 0 Å². The van der Waals surface area contributed by atoms with Crippen molar-refractivity contribution in [3.05, 3.63) is 97.6 Å². The summed E-state index contributed by atoms with van der Waals surface area (Å²) < 4.78 is 0. The molecular weight excluding hydrogens is 520 g/mol. The number of halogens is 4. The van der Waals surface area contributed by atoms with Crippen LogP contribution in [0.4, 0.5) is 17.1 Å². The zero-order chi connectivity index (χ0) is 24.6. The molecule has 3 aromatic rings. The molecule has 1 aliphatic heterocycles. The maximum Gasteiger partial charge on any atom is 0.283 e. The van der Waals surface area contributed by atoms with Gasteiger partial charge in [-0.25, -0.2) is 4.90 Å². The van der Waals surface area contributed by atoms with Gasteiger partial charge in [-0.1, -0.05) is 52.5 Å². The average molecular weight is 535 g/mol. The molecule has 1 heterocycles. The highest BCUT2D eigenvalue weighted by atomic mass is 35.5. The van der Waals surface area contributed by atoms with E-state index in [1.54, 1.807) is 36.4 Å². The molecule has 4 rings (SSSR count). The van der Waals surface area contributed by atoms with E-state index in [-0.39, 0.29) is 27.3 Å². The third-order valence-corrected chi connectivity index (χ3v) is 6.13. The first-order chi connectivity index (χ1) is 16.2. The van der Waals surface area contributed by atoms with E-state index < -0.39 is 11.8 Å². The van der Waals surface area contributed by atoms with E-state index in [9.17, 15) is 14.4 Å². The van der Waals surface area contributed by atoms with Crippen LogP contribution in [0.25, 0.3) is 0 Å². The average Bonchev–Trinajstić information content (AvgIpc) is 2.99. The van der Waals surface area contributed by atoms with Gasteiger partial charge in [0.2, 0.25) is 0 Å². The van der Waals surface area contributed by atoms with Gasteiger partial charge < -0.3 is 10.6 Å². The molecule has 1 aliphatic rings. The number of carbonyl (C=O) groups is 3. The Morgan fingerprint density at radius 1 is 0.853 bits per heavy atom. The van der Waals surface area contributed by atoms with Crippen LogP contribution in [0.1, 0.15) is 15.9 Å². The number of aryl methyl sites for hydroxylation is 1. The molecule has 0 bridgehead atoms. The van der Waals surface area contributed by atoms with Gasteiger partial charge >= 0.3 is 0 Å². The van der Waals surface area contributed by atoms with Crippen molar-refractivity contribution >= 4 is 81.2 Å². The molecule has 0 fully saturated rings. The lowest BCUT2D eigenvalue weighted by molar-refractivity contribution is -0.120. The molecule has 0 aromatic heterocycles. The fraction of sp³-hybridized carbons (Fsp3) is 0.0417. The zero-order valence-corrected chi connectivity index (χ0v) is 20.5. The highest BCUT2D eigenvalue weighted by molar-refractivity contribution is 6.54. The molecule has 6 nitrogen and oxygen atoms in total. The van der Waals surface area contributed by atoms with Crippen LogP contribution in [-0.2, 0) is 9.59 Å². The summed E-state index contributed by atoms with van der Waals surface area (Å²) in [6.07, 6.45) is 0. The molecule has 3 aromatic carbocycles. The second kappa shape index (κ2) is 9.68. The Hall–Kier alpha value is -3.03. The Balaban J connectivity index is 1.56. The van der Waals surface area contributed by atoms with Crippen LogP contribution in [0.2, 0.25) is 15.1 Å². The topological polar surface area (TPSA) is 78.5 Å². The van der Waals surface area contributed by atoms with E-state index >= 15 is 0 Å². The van der Waals surface area contributed by atoms with E-state index in [1.165, 1.54) is 24.3 Å². The Morgan fingerprint density at radius 2 is 1.56 bits per heavy atom. The first-order valence-corrected chi connectivity index (χ1v) is 11.3. The minimum absolute atomic E-state index is 0.121. The molecule has 2 N–H and O–H groups in total. The van der Waals surface area contributed by atoms with Crippen molar-refractivity contribution in [1.29, 1.82) is 0 Å². The number of rotatable bonds is 5. The van der Waals surface area contributed by atoms with Crippen LogP contribution in [0, 0.1) is 6.92 Å². The molecule has 0 saturated carbocycles. The maximum absolute atomic E-state index is 13.0. The minimum atomic E-state index is -0.731. The Kier molecular flexibility index (Phi) is 6.86. The fourth-order valence-electron chi connectivity index (χ4n) is 3.34. The van der Waals surface area contributed by atoms with Crippen molar-refractivity contribution in [3.63, 3.8) is 0 Å². The summed E-state index contributed by atoms with van der Waals surface area (Å²) in [4.78, 5) is 39.3. The van der Waals surface area contributed by atoms with E-state index in [1.807, 2.05) is 6.92 Å². The summed E-state index contributed by atoms with van der Waals surface area (Å²) >= 11 is 24.2. The summed E-state index contributed by atoms with van der Waals surface area (Å²) in [5.74, 6) is -1.78. The minimum Gasteiger partial charge on any atom is -0.350 e. The SMILES string of the molecule is Cc1cc(Cl)ccc1NC(=O)c1cccc(NC2=C(Cl)C(=O)N(c3ccc(Cl)cc3Cl)C2=O)c1. The second-order valence-electron chi connectivity index (χ2n) is 7.35. The lowest BCUT2D eigenvalue weighted by atomic mass is 10.1. The summed E-state index contributed by atoms with van der Waals surface area (Å²) in [5.41, 5.74) is 2.16. The lowest BCUT2D eigenvalue weighted by Gasteiger charge is -2.17. The summed E-state index contributed by atoms with van der Waals surface area (Å²) in [5, 5.41) is 6.41. The van der Waals surface area contributed by atoms with Gasteiger partial charge in [-0.2, -0.15) is 0 Å². The third-order valence-electron chi connectivity index (χ3n) is 5.01. The third kappa shape index (κ3) is 4.76. The number of imide groups is 1. The van der Waals surface area contributed by atoms with Gasteiger partial charge in [0.1, 0.15) is 10.7 Å². The number of nitrogens with zero attached hydrogens (tertiary/aromatic N) is 1. The van der Waals surface area contributed by atoms with Gasteiger partial charge in [-0.3, -0.25) is 14.4 Å². The molecule has 0 atom stereocenters. The highest BCUT2D eigenvalue weighted by Gasteiger charge is 2.39. The number of benzene rings is 3. The fourth-order valence-corrected chi connectivity index (χ4v) is 4.27. The molecule has 3 amide bonds. The van der Waals surface area contributed by atoms with Gasteiger partial charge in [0.25, 0.3) is 17.7 Å². The molecule has 10 heteroatoms. The summed E-state index contributed by atoms with van der Waals surface area (Å²) in [6.45, 7) is 1.83. The number of hydrogen-bond donors (Lipinski definition) is 2. The van der Waals surface area contributed by atoms with Crippen molar-refractivity contribution < 1.29 is 14.4 Å². The Bertz CT molecular complexity index is 1390. The van der Waals surface area contributed by atoms with Crippen molar-refractivity contribution in [1.82, 2.24) is 0 Å². The van der Waals surface area contributed by atoms with Gasteiger partial charge in [-0.15, -0.1) is 0 Å². The molecule has 34 heavy (non-hydrogen) atoms. The molecule has 0 radical (unpaired) electrons. The van der Waals surface area contributed by atoms with Gasteiger partial charge in [0.05, 0.1) is 10.7 Å². The van der Waals surface area contributed by atoms with Crippen LogP contribution in [-0.4, -0.2) is 17.7 Å². The Morgan fingerprint density at radius 3 is 2.26 bits per heavy atom. The van der Waals surface area contributed by atoms with Crippen molar-refractivity contribution in [2.75, 3.05) is 15.5 Å². The number of amides is 3. The second-order valence-corrected chi connectivity index (χ2v) is 9.01. The lowest BCUT2D eigenvalue weighted by Crippen LogP contribution is -2.32. The van der Waals surface area contributed by atoms with Crippen molar-refractivity contribution in [3.8, 4) is 0 Å². The van der Waals surface area contributed by atoms with Crippen LogP contribution < -0.4 is 15.5 Å². The number of hydrogen-bond acceptors (Lipinski definition) is 4. The molecule has 0 unspecified atom stereocenters. The van der Waals surface area contributed by atoms with Crippen LogP contribution in [0.5, 0.6) is 0 Å². The van der Waals surface area contributed by atoms with Crippen LogP contribution >= 0.6 is 46.4 Å². The molecule has 0 spiro atoms. The predicted molar refractivity (Wildman–Crippen MR) is 136 cm³/mol. The predicted octanol–water partition coefficient (Wildman–Crippen LogP) is 6.64. The maximum atomic E-state index is 13.0. The largest absolute Gasteiger partial charge is 0.350 e. The first kappa shape index (κ1) is 24.1. The quantitative estimate of drug-likeness (QED) is 0.359. The summed E-state index contributed by atoms with van der Waals surface area (Å²) in [7, 11) is 0. The highest BCUT2D eigenvalue weighted by Crippen LogP contribution is 2.35. The molecule has 172 valence electrons. The van der Waals surface area contributed by atoms with Gasteiger partial charge in [0, 0.05) is 27.0 Å². The Labute approximate surface area is 215 Å². The first-order valence-electron chi connectivity index (χ1n) is 9.84. The standard InChI is InChI=1S/C24H15Cl4N3O3/c1-12-9-14(25)5-7-18(12)30-22(32)13-3-2-4-16(10-13)29-21-20(28)23(33)31(24(21)34)19-8-6-15(26)11-17(19)27/h2-11,29H,1H3,(H,30,32). The van der Waals surface area contributed by atoms with Crippen molar-refractivity contribution in [2.45, 2.75) is 6.92 Å². The monoisotopic (exact) mass is 533 g/mol.